The lowest BCUT2D eigenvalue weighted by molar-refractivity contribution is -0.385. The van der Waals surface area contributed by atoms with Gasteiger partial charge in [0.25, 0.3) is 5.69 Å². The van der Waals surface area contributed by atoms with Gasteiger partial charge in [-0.1, -0.05) is 0 Å². The Kier molecular flexibility index (Phi) is 4.33. The van der Waals surface area contributed by atoms with Gasteiger partial charge in [0.1, 0.15) is 5.82 Å². The summed E-state index contributed by atoms with van der Waals surface area (Å²) >= 11 is 0. The van der Waals surface area contributed by atoms with E-state index >= 15 is 0 Å². The largest absolute Gasteiger partial charge is 0.330 e. The van der Waals surface area contributed by atoms with Crippen LogP contribution in [-0.4, -0.2) is 11.5 Å². The van der Waals surface area contributed by atoms with E-state index in [0.717, 1.165) is 6.07 Å². The first kappa shape index (κ1) is 12.5. The molecule has 88 valence electrons. The van der Waals surface area contributed by atoms with Gasteiger partial charge >= 0.3 is 0 Å². The Morgan fingerprint density at radius 2 is 2.19 bits per heavy atom. The van der Waals surface area contributed by atoms with Crippen LogP contribution in [0.3, 0.4) is 0 Å². The molecule has 1 atom stereocenters. The Hall–Kier alpha value is -1.53. The van der Waals surface area contributed by atoms with E-state index in [2.05, 4.69) is 0 Å². The zero-order valence-corrected chi connectivity index (χ0v) is 8.73. The van der Waals surface area contributed by atoms with Gasteiger partial charge in [-0.3, -0.25) is 10.1 Å². The van der Waals surface area contributed by atoms with E-state index in [1.165, 1.54) is 12.1 Å². The molecule has 16 heavy (non-hydrogen) atoms. The molecule has 0 heterocycles. The molecule has 4 N–H and O–H groups in total. The third-order valence-electron chi connectivity index (χ3n) is 2.31. The van der Waals surface area contributed by atoms with Gasteiger partial charge in [-0.25, -0.2) is 4.39 Å². The molecule has 1 rings (SSSR count). The SMILES string of the molecule is NCCC[C@@H](N)c1ccc(F)cc1[N+](=O)[O-]. The van der Waals surface area contributed by atoms with Gasteiger partial charge in [0.15, 0.2) is 0 Å². The molecule has 0 aliphatic heterocycles. The zero-order valence-electron chi connectivity index (χ0n) is 8.73. The van der Waals surface area contributed by atoms with Gasteiger partial charge in [-0.15, -0.1) is 0 Å². The minimum atomic E-state index is -0.638. The quantitative estimate of drug-likeness (QED) is 0.588. The fourth-order valence-corrected chi connectivity index (χ4v) is 1.48. The maximum atomic E-state index is 12.9. The van der Waals surface area contributed by atoms with Gasteiger partial charge < -0.3 is 11.5 Å². The van der Waals surface area contributed by atoms with Crippen LogP contribution in [0.4, 0.5) is 10.1 Å². The second-order valence-electron chi connectivity index (χ2n) is 3.50. The second kappa shape index (κ2) is 5.53. The van der Waals surface area contributed by atoms with Crippen molar-refractivity contribution in [1.82, 2.24) is 0 Å². The van der Waals surface area contributed by atoms with Crippen LogP contribution >= 0.6 is 0 Å². The molecule has 0 spiro atoms. The molecule has 0 aliphatic rings. The van der Waals surface area contributed by atoms with E-state index in [0.29, 0.717) is 24.9 Å². The van der Waals surface area contributed by atoms with Crippen molar-refractivity contribution >= 4 is 5.69 Å². The molecule has 0 unspecified atom stereocenters. The fourth-order valence-electron chi connectivity index (χ4n) is 1.48. The van der Waals surface area contributed by atoms with Gasteiger partial charge in [0.2, 0.25) is 0 Å². The Morgan fingerprint density at radius 1 is 1.50 bits per heavy atom. The van der Waals surface area contributed by atoms with E-state index in [1.54, 1.807) is 0 Å². The van der Waals surface area contributed by atoms with Crippen molar-refractivity contribution in [2.75, 3.05) is 6.54 Å². The average Bonchev–Trinajstić information content (AvgIpc) is 2.25. The van der Waals surface area contributed by atoms with Crippen LogP contribution in [0, 0.1) is 15.9 Å². The van der Waals surface area contributed by atoms with Crippen molar-refractivity contribution in [3.05, 3.63) is 39.7 Å². The summed E-state index contributed by atoms with van der Waals surface area (Å²) in [5.74, 6) is -0.638. The summed E-state index contributed by atoms with van der Waals surface area (Å²) in [5.41, 5.74) is 11.2. The van der Waals surface area contributed by atoms with Crippen LogP contribution in [0.15, 0.2) is 18.2 Å². The first-order valence-corrected chi connectivity index (χ1v) is 4.95. The predicted octanol–water partition coefficient (Wildman–Crippen LogP) is 1.47. The van der Waals surface area contributed by atoms with Crippen molar-refractivity contribution in [3.8, 4) is 0 Å². The molecule has 6 heteroatoms. The number of hydrogen-bond acceptors (Lipinski definition) is 4. The number of nitrogens with two attached hydrogens (primary N) is 2. The highest BCUT2D eigenvalue weighted by Crippen LogP contribution is 2.26. The van der Waals surface area contributed by atoms with Crippen molar-refractivity contribution in [1.29, 1.82) is 0 Å². The number of benzene rings is 1. The monoisotopic (exact) mass is 227 g/mol. The topological polar surface area (TPSA) is 95.2 Å². The predicted molar refractivity (Wildman–Crippen MR) is 58.3 cm³/mol. The molecule has 0 bridgehead atoms. The number of halogens is 1. The van der Waals surface area contributed by atoms with E-state index in [-0.39, 0.29) is 5.69 Å². The van der Waals surface area contributed by atoms with Gasteiger partial charge in [-0.2, -0.15) is 0 Å². The summed E-state index contributed by atoms with van der Waals surface area (Å²) in [6.45, 7) is 0.475. The van der Waals surface area contributed by atoms with Crippen molar-refractivity contribution in [3.63, 3.8) is 0 Å². The number of rotatable bonds is 5. The zero-order chi connectivity index (χ0) is 12.1. The molecule has 0 radical (unpaired) electrons. The van der Waals surface area contributed by atoms with Crippen molar-refractivity contribution < 1.29 is 9.31 Å². The van der Waals surface area contributed by atoms with E-state index in [9.17, 15) is 14.5 Å². The van der Waals surface area contributed by atoms with Crippen molar-refractivity contribution in [2.24, 2.45) is 11.5 Å². The van der Waals surface area contributed by atoms with E-state index < -0.39 is 16.8 Å². The molecular weight excluding hydrogens is 213 g/mol. The number of nitro groups is 1. The maximum absolute atomic E-state index is 12.9. The molecule has 0 aromatic heterocycles. The summed E-state index contributed by atoms with van der Waals surface area (Å²) in [4.78, 5) is 10.1. The van der Waals surface area contributed by atoms with Gasteiger partial charge in [0.05, 0.1) is 11.0 Å². The average molecular weight is 227 g/mol. The lowest BCUT2D eigenvalue weighted by Gasteiger charge is -2.11. The van der Waals surface area contributed by atoms with Crippen LogP contribution in [0.5, 0.6) is 0 Å². The molecule has 5 nitrogen and oxygen atoms in total. The molecule has 1 aromatic carbocycles. The molecular formula is C10H14FN3O2. The third kappa shape index (κ3) is 2.98. The van der Waals surface area contributed by atoms with E-state index in [1.807, 2.05) is 0 Å². The molecule has 0 saturated heterocycles. The number of hydrogen-bond donors (Lipinski definition) is 2. The smallest absolute Gasteiger partial charge is 0.277 e. The highest BCUT2D eigenvalue weighted by molar-refractivity contribution is 5.42. The van der Waals surface area contributed by atoms with Gasteiger partial charge in [0, 0.05) is 11.6 Å². The summed E-state index contributed by atoms with van der Waals surface area (Å²) in [5, 5.41) is 10.7. The van der Waals surface area contributed by atoms with Crippen LogP contribution in [0.2, 0.25) is 0 Å². The Morgan fingerprint density at radius 3 is 2.75 bits per heavy atom. The lowest BCUT2D eigenvalue weighted by atomic mass is 10.0. The first-order chi connectivity index (χ1) is 7.56. The Bertz CT molecular complexity index is 384. The van der Waals surface area contributed by atoms with E-state index in [4.69, 9.17) is 11.5 Å². The lowest BCUT2D eigenvalue weighted by Crippen LogP contribution is -2.14. The maximum Gasteiger partial charge on any atom is 0.277 e. The summed E-state index contributed by atoms with van der Waals surface area (Å²) in [6.07, 6.45) is 1.22. The Labute approximate surface area is 92.4 Å². The van der Waals surface area contributed by atoms with Crippen LogP contribution in [0.25, 0.3) is 0 Å². The minimum Gasteiger partial charge on any atom is -0.330 e. The standard InChI is InChI=1S/C10H14FN3O2/c11-7-3-4-8(9(13)2-1-5-12)10(6-7)14(15)16/h3-4,6,9H,1-2,5,12-13H2/t9-/m1/s1. The summed E-state index contributed by atoms with van der Waals surface area (Å²) < 4.78 is 12.9. The molecule has 1 aromatic rings. The first-order valence-electron chi connectivity index (χ1n) is 4.95. The van der Waals surface area contributed by atoms with Crippen LogP contribution in [0.1, 0.15) is 24.4 Å². The minimum absolute atomic E-state index is 0.274. The normalized spacial score (nSPS) is 12.4. The molecule has 0 saturated carbocycles. The van der Waals surface area contributed by atoms with Crippen molar-refractivity contribution in [2.45, 2.75) is 18.9 Å². The number of nitrogens with zero attached hydrogens (tertiary/aromatic N) is 1. The summed E-state index contributed by atoms with van der Waals surface area (Å²) in [7, 11) is 0. The molecule has 0 fully saturated rings. The number of nitro benzene ring substituents is 1. The Balaban J connectivity index is 2.98. The van der Waals surface area contributed by atoms with Gasteiger partial charge in [-0.05, 0) is 31.5 Å². The highest BCUT2D eigenvalue weighted by atomic mass is 19.1. The second-order valence-corrected chi connectivity index (χ2v) is 3.50. The third-order valence-corrected chi connectivity index (χ3v) is 2.31. The molecule has 0 aliphatic carbocycles. The summed E-state index contributed by atoms with van der Waals surface area (Å²) in [6, 6.07) is 2.93. The van der Waals surface area contributed by atoms with Crippen LogP contribution in [-0.2, 0) is 0 Å². The fraction of sp³-hybridized carbons (Fsp3) is 0.400. The highest BCUT2D eigenvalue weighted by Gasteiger charge is 2.19. The van der Waals surface area contributed by atoms with Crippen LogP contribution < -0.4 is 11.5 Å². The molecule has 0 amide bonds.